The third kappa shape index (κ3) is 5.42. The van der Waals surface area contributed by atoms with Gasteiger partial charge in [-0.2, -0.15) is 0 Å². The number of nitrogens with one attached hydrogen (secondary N) is 1. The first-order valence-electron chi connectivity index (χ1n) is 14.5. The summed E-state index contributed by atoms with van der Waals surface area (Å²) in [6.45, 7) is 6.62. The number of hydrogen-bond donors (Lipinski definition) is 1. The van der Waals surface area contributed by atoms with Crippen molar-refractivity contribution in [1.82, 2.24) is 4.98 Å². The van der Waals surface area contributed by atoms with E-state index < -0.39 is 6.04 Å². The van der Waals surface area contributed by atoms with E-state index >= 15 is 0 Å². The van der Waals surface area contributed by atoms with Crippen molar-refractivity contribution in [1.29, 1.82) is 0 Å². The largest absolute Gasteiger partial charge is 0.357 e. The molecule has 0 bridgehead atoms. The Morgan fingerprint density at radius 1 is 0.881 bits per heavy atom. The minimum absolute atomic E-state index is 0.0414. The summed E-state index contributed by atoms with van der Waals surface area (Å²) in [7, 11) is 0. The molecule has 6 rings (SSSR count). The van der Waals surface area contributed by atoms with E-state index in [-0.39, 0.29) is 23.0 Å². The third-order valence-electron chi connectivity index (χ3n) is 8.19. The number of nitrogens with zero attached hydrogens (tertiary/aromatic N) is 2. The van der Waals surface area contributed by atoms with Gasteiger partial charge in [0.15, 0.2) is 5.78 Å². The molecule has 0 spiro atoms. The van der Waals surface area contributed by atoms with E-state index in [1.807, 2.05) is 72.8 Å². The van der Waals surface area contributed by atoms with E-state index in [0.29, 0.717) is 18.4 Å². The topological polar surface area (TPSA) is 62.3 Å². The quantitative estimate of drug-likeness (QED) is 0.260. The summed E-state index contributed by atoms with van der Waals surface area (Å²) in [5.74, 6) is -0.122. The minimum atomic E-state index is -0.616. The number of benzene rings is 3. The molecular weight excluding hydrogens is 518 g/mol. The van der Waals surface area contributed by atoms with Gasteiger partial charge in [0.25, 0.3) is 5.91 Å². The van der Waals surface area contributed by atoms with Crippen molar-refractivity contribution >= 4 is 29.1 Å². The Morgan fingerprint density at radius 3 is 2.33 bits per heavy atom. The number of anilines is 2. The normalized spacial score (nSPS) is 18.7. The second kappa shape index (κ2) is 11.2. The van der Waals surface area contributed by atoms with Gasteiger partial charge in [0.05, 0.1) is 17.4 Å². The number of ketones is 1. The maximum atomic E-state index is 14.2. The van der Waals surface area contributed by atoms with Gasteiger partial charge in [-0.05, 0) is 64.3 Å². The number of pyridine rings is 1. The van der Waals surface area contributed by atoms with Gasteiger partial charge in [-0.3, -0.25) is 19.5 Å². The molecule has 1 aromatic heterocycles. The molecule has 0 unspecified atom stereocenters. The molecule has 1 amide bonds. The molecule has 0 fully saturated rings. The summed E-state index contributed by atoms with van der Waals surface area (Å²) in [6.07, 6.45) is 7.93. The van der Waals surface area contributed by atoms with Crippen molar-refractivity contribution in [3.8, 4) is 0 Å². The van der Waals surface area contributed by atoms with Crippen molar-refractivity contribution in [2.45, 2.75) is 51.0 Å². The molecule has 1 aliphatic carbocycles. The van der Waals surface area contributed by atoms with Crippen LogP contribution in [0, 0.1) is 0 Å². The molecule has 0 radical (unpaired) electrons. The first kappa shape index (κ1) is 27.4. The zero-order valence-electron chi connectivity index (χ0n) is 24.2. The van der Waals surface area contributed by atoms with Crippen LogP contribution in [0.3, 0.4) is 0 Å². The second-order valence-corrected chi connectivity index (χ2v) is 12.1. The molecule has 5 heteroatoms. The number of amides is 1. The van der Waals surface area contributed by atoms with Gasteiger partial charge in [0.2, 0.25) is 0 Å². The highest BCUT2D eigenvalue weighted by atomic mass is 16.2. The van der Waals surface area contributed by atoms with Crippen LogP contribution in [0.1, 0.15) is 67.8 Å². The fourth-order valence-corrected chi connectivity index (χ4v) is 5.99. The molecule has 0 saturated carbocycles. The maximum Gasteiger partial charge on any atom is 0.251 e. The summed E-state index contributed by atoms with van der Waals surface area (Å²) < 4.78 is 0. The van der Waals surface area contributed by atoms with Crippen LogP contribution in [0.15, 0.2) is 121 Å². The maximum absolute atomic E-state index is 14.2. The Morgan fingerprint density at radius 2 is 1.62 bits per heavy atom. The molecule has 1 N–H and O–H groups in total. The SMILES string of the molecule is CC(C)(C)c1ccc([C@@H]2CC(=O)C3=C(C2)Nc2ccccc2N(C(=O)/C=C/c2ccccc2)[C@H]3c2cccnc2)cc1. The lowest BCUT2D eigenvalue weighted by Gasteiger charge is -2.34. The van der Waals surface area contributed by atoms with E-state index in [1.54, 1.807) is 23.4 Å². The number of carbonyl (C=O) groups is 2. The van der Waals surface area contributed by atoms with E-state index in [4.69, 9.17) is 0 Å². The van der Waals surface area contributed by atoms with Crippen LogP contribution >= 0.6 is 0 Å². The fraction of sp³-hybridized carbons (Fsp3) is 0.216. The van der Waals surface area contributed by atoms with Crippen LogP contribution in [-0.4, -0.2) is 16.7 Å². The standard InChI is InChI=1S/C37H35N3O2/c1-37(2,3)29-18-16-26(17-19-29)28-22-31-35(33(41)23-28)36(27-12-9-21-38-24-27)40(32-14-8-7-13-30(32)39-31)34(42)20-15-25-10-5-4-6-11-25/h4-21,24,28,36,39H,22-23H2,1-3H3/b20-15+/t28-,36-/m0/s1. The molecule has 3 aromatic carbocycles. The Hall–Kier alpha value is -4.77. The van der Waals surface area contributed by atoms with Crippen molar-refractivity contribution < 1.29 is 9.59 Å². The number of fused-ring (bicyclic) bond motifs is 1. The summed E-state index contributed by atoms with van der Waals surface area (Å²) in [4.78, 5) is 34.4. The Kier molecular flexibility index (Phi) is 7.34. The lowest BCUT2D eigenvalue weighted by Crippen LogP contribution is -2.37. The monoisotopic (exact) mass is 553 g/mol. The number of aromatic nitrogens is 1. The highest BCUT2D eigenvalue weighted by molar-refractivity contribution is 6.10. The number of allylic oxidation sites excluding steroid dienone is 1. The first-order valence-corrected chi connectivity index (χ1v) is 14.5. The predicted molar refractivity (Wildman–Crippen MR) is 169 cm³/mol. The van der Waals surface area contributed by atoms with Crippen molar-refractivity contribution in [3.63, 3.8) is 0 Å². The van der Waals surface area contributed by atoms with Gasteiger partial charge in [0, 0.05) is 36.2 Å². The van der Waals surface area contributed by atoms with Gasteiger partial charge in [-0.25, -0.2) is 0 Å². The number of hydrogen-bond acceptors (Lipinski definition) is 4. The first-order chi connectivity index (χ1) is 20.3. The van der Waals surface area contributed by atoms with Crippen LogP contribution in [-0.2, 0) is 15.0 Å². The minimum Gasteiger partial charge on any atom is -0.357 e. The van der Waals surface area contributed by atoms with Gasteiger partial charge < -0.3 is 5.32 Å². The van der Waals surface area contributed by atoms with Crippen molar-refractivity contribution in [2.24, 2.45) is 0 Å². The zero-order valence-corrected chi connectivity index (χ0v) is 24.2. The summed E-state index contributed by atoms with van der Waals surface area (Å²) >= 11 is 0. The average molecular weight is 554 g/mol. The Labute approximate surface area is 247 Å². The summed E-state index contributed by atoms with van der Waals surface area (Å²) in [5, 5.41) is 3.61. The summed E-state index contributed by atoms with van der Waals surface area (Å²) in [5.41, 5.74) is 7.22. The lowest BCUT2D eigenvalue weighted by molar-refractivity contribution is -0.116. The van der Waals surface area contributed by atoms with E-state index in [9.17, 15) is 9.59 Å². The van der Waals surface area contributed by atoms with E-state index in [2.05, 4.69) is 55.3 Å². The molecule has 5 nitrogen and oxygen atoms in total. The van der Waals surface area contributed by atoms with Crippen LogP contribution in [0.25, 0.3) is 6.08 Å². The molecule has 2 aliphatic rings. The molecule has 0 saturated heterocycles. The molecule has 2 atom stereocenters. The molecule has 2 heterocycles. The molecule has 4 aromatic rings. The fourth-order valence-electron chi connectivity index (χ4n) is 5.99. The lowest BCUT2D eigenvalue weighted by atomic mass is 9.77. The highest BCUT2D eigenvalue weighted by Gasteiger charge is 2.41. The molecule has 42 heavy (non-hydrogen) atoms. The predicted octanol–water partition coefficient (Wildman–Crippen LogP) is 7.99. The van der Waals surface area contributed by atoms with Crippen LogP contribution in [0.4, 0.5) is 11.4 Å². The van der Waals surface area contributed by atoms with Crippen LogP contribution in [0.2, 0.25) is 0 Å². The Balaban J connectivity index is 1.45. The average Bonchev–Trinajstić information content (AvgIpc) is 3.15. The van der Waals surface area contributed by atoms with Crippen LogP contribution in [0.5, 0.6) is 0 Å². The number of rotatable bonds is 4. The highest BCUT2D eigenvalue weighted by Crippen LogP contribution is 2.47. The van der Waals surface area contributed by atoms with Crippen molar-refractivity contribution in [3.05, 3.63) is 143 Å². The summed E-state index contributed by atoms with van der Waals surface area (Å²) in [6, 6.07) is 29.4. The van der Waals surface area contributed by atoms with E-state index in [0.717, 1.165) is 33.8 Å². The second-order valence-electron chi connectivity index (χ2n) is 12.1. The molecule has 210 valence electrons. The smallest absolute Gasteiger partial charge is 0.251 e. The molecule has 1 aliphatic heterocycles. The van der Waals surface area contributed by atoms with Gasteiger partial charge in [0.1, 0.15) is 0 Å². The van der Waals surface area contributed by atoms with Gasteiger partial charge in [-0.15, -0.1) is 0 Å². The zero-order chi connectivity index (χ0) is 29.3. The number of para-hydroxylation sites is 2. The third-order valence-corrected chi connectivity index (χ3v) is 8.19. The van der Waals surface area contributed by atoms with Crippen molar-refractivity contribution in [2.75, 3.05) is 10.2 Å². The van der Waals surface area contributed by atoms with E-state index in [1.165, 1.54) is 5.56 Å². The number of Topliss-reactive ketones (excluding diaryl/α,β-unsaturated/α-hetero) is 1. The van der Waals surface area contributed by atoms with Crippen LogP contribution < -0.4 is 10.2 Å². The van der Waals surface area contributed by atoms with Gasteiger partial charge in [-0.1, -0.05) is 93.6 Å². The number of carbonyl (C=O) groups excluding carboxylic acids is 2. The Bertz CT molecular complexity index is 1670. The molecular formula is C37H35N3O2. The van der Waals surface area contributed by atoms with Gasteiger partial charge >= 0.3 is 0 Å².